The van der Waals surface area contributed by atoms with E-state index < -0.39 is 17.6 Å². The molecule has 90 valence electrons. The van der Waals surface area contributed by atoms with Crippen LogP contribution in [0.4, 0.5) is 0 Å². The fraction of sp³-hybridized carbons (Fsp3) is 0.818. The number of aliphatic hydroxyl groups is 1. The maximum atomic E-state index is 12.0. The van der Waals surface area contributed by atoms with E-state index in [-0.39, 0.29) is 12.5 Å². The number of carbonyl (C=O) groups excluding carboxylic acids is 1. The predicted molar refractivity (Wildman–Crippen MR) is 59.2 cm³/mol. The van der Waals surface area contributed by atoms with Crippen LogP contribution in [0.1, 0.15) is 26.7 Å². The predicted octanol–water partition coefficient (Wildman–Crippen LogP) is -0.153. The Kier molecular flexibility index (Phi) is 3.89. The Labute approximate surface area is 95.8 Å². The first kappa shape index (κ1) is 12.9. The molecule has 0 saturated carbocycles. The van der Waals surface area contributed by atoms with Crippen molar-refractivity contribution in [1.82, 2.24) is 4.90 Å². The molecule has 5 nitrogen and oxygen atoms in total. The average molecular weight is 225 g/mol. The number of nitriles is 1. The van der Waals surface area contributed by atoms with Crippen molar-refractivity contribution in [1.29, 1.82) is 5.26 Å². The summed E-state index contributed by atoms with van der Waals surface area (Å²) in [7, 11) is 0. The Balaban J connectivity index is 2.75. The highest BCUT2D eigenvalue weighted by molar-refractivity contribution is 5.82. The van der Waals surface area contributed by atoms with Gasteiger partial charge in [-0.2, -0.15) is 5.26 Å². The van der Waals surface area contributed by atoms with Crippen molar-refractivity contribution >= 4 is 5.91 Å². The van der Waals surface area contributed by atoms with Gasteiger partial charge in [-0.1, -0.05) is 13.8 Å². The van der Waals surface area contributed by atoms with Crippen LogP contribution in [-0.2, 0) is 4.79 Å². The first-order valence-electron chi connectivity index (χ1n) is 5.52. The standard InChI is InChI=1S/C11H19N3O2/c1-11(2,7-13)9(15)10(16)14-5-3-4-8(14)6-12/h8-9,15H,3-5,7,13H2,1-2H3. The fourth-order valence-electron chi connectivity index (χ4n) is 1.77. The van der Waals surface area contributed by atoms with Crippen LogP contribution in [0.15, 0.2) is 0 Å². The molecule has 0 aromatic carbocycles. The van der Waals surface area contributed by atoms with Crippen molar-refractivity contribution in [3.05, 3.63) is 0 Å². The molecular formula is C11H19N3O2. The minimum atomic E-state index is -1.13. The second kappa shape index (κ2) is 4.81. The summed E-state index contributed by atoms with van der Waals surface area (Å²) in [5.41, 5.74) is 4.86. The van der Waals surface area contributed by atoms with Crippen LogP contribution in [0.5, 0.6) is 0 Å². The lowest BCUT2D eigenvalue weighted by Gasteiger charge is -2.32. The van der Waals surface area contributed by atoms with Gasteiger partial charge >= 0.3 is 0 Å². The van der Waals surface area contributed by atoms with E-state index in [1.54, 1.807) is 13.8 Å². The van der Waals surface area contributed by atoms with E-state index in [2.05, 4.69) is 6.07 Å². The number of likely N-dealkylation sites (tertiary alicyclic amines) is 1. The summed E-state index contributed by atoms with van der Waals surface area (Å²) < 4.78 is 0. The van der Waals surface area contributed by atoms with Crippen molar-refractivity contribution < 1.29 is 9.90 Å². The Bertz CT molecular complexity index is 309. The van der Waals surface area contributed by atoms with Gasteiger partial charge in [0.15, 0.2) is 0 Å². The lowest BCUT2D eigenvalue weighted by atomic mass is 9.86. The summed E-state index contributed by atoms with van der Waals surface area (Å²) in [6.07, 6.45) is 0.379. The van der Waals surface area contributed by atoms with Crippen LogP contribution in [-0.4, -0.2) is 41.1 Å². The van der Waals surface area contributed by atoms with Crippen LogP contribution in [0, 0.1) is 16.7 Å². The van der Waals surface area contributed by atoms with Gasteiger partial charge in [0.25, 0.3) is 5.91 Å². The number of hydrogen-bond acceptors (Lipinski definition) is 4. The molecule has 2 unspecified atom stereocenters. The number of nitrogens with two attached hydrogens (primary N) is 1. The number of aliphatic hydroxyl groups excluding tert-OH is 1. The van der Waals surface area contributed by atoms with Crippen LogP contribution >= 0.6 is 0 Å². The van der Waals surface area contributed by atoms with Crippen molar-refractivity contribution in [3.8, 4) is 6.07 Å². The lowest BCUT2D eigenvalue weighted by Crippen LogP contribution is -2.50. The van der Waals surface area contributed by atoms with Gasteiger partial charge in [0.1, 0.15) is 12.1 Å². The summed E-state index contributed by atoms with van der Waals surface area (Å²) >= 11 is 0. The SMILES string of the molecule is CC(C)(CN)C(O)C(=O)N1CCCC1C#N. The highest BCUT2D eigenvalue weighted by atomic mass is 16.3. The van der Waals surface area contributed by atoms with Gasteiger partial charge in [0.05, 0.1) is 6.07 Å². The molecule has 3 N–H and O–H groups in total. The Morgan fingerprint density at radius 3 is 2.88 bits per heavy atom. The monoisotopic (exact) mass is 225 g/mol. The Morgan fingerprint density at radius 2 is 2.38 bits per heavy atom. The third kappa shape index (κ3) is 2.34. The molecule has 1 aliphatic rings. The highest BCUT2D eigenvalue weighted by Gasteiger charge is 2.39. The zero-order valence-electron chi connectivity index (χ0n) is 9.81. The number of amides is 1. The number of hydrogen-bond donors (Lipinski definition) is 2. The van der Waals surface area contributed by atoms with E-state index in [4.69, 9.17) is 11.0 Å². The third-order valence-corrected chi connectivity index (χ3v) is 3.19. The Hall–Kier alpha value is -1.12. The molecule has 5 heteroatoms. The van der Waals surface area contributed by atoms with Gasteiger partial charge in [-0.3, -0.25) is 4.79 Å². The largest absolute Gasteiger partial charge is 0.383 e. The molecule has 0 spiro atoms. The molecule has 2 atom stereocenters. The fourth-order valence-corrected chi connectivity index (χ4v) is 1.77. The molecule has 0 bridgehead atoms. The normalized spacial score (nSPS) is 22.9. The van der Waals surface area contributed by atoms with Crippen LogP contribution in [0.3, 0.4) is 0 Å². The molecule has 0 radical (unpaired) electrons. The lowest BCUT2D eigenvalue weighted by molar-refractivity contribution is -0.146. The molecule has 1 heterocycles. The summed E-state index contributed by atoms with van der Waals surface area (Å²) in [6.45, 7) is 4.26. The molecule has 0 aromatic rings. The minimum Gasteiger partial charge on any atom is -0.383 e. The number of nitrogens with zero attached hydrogens (tertiary/aromatic N) is 2. The number of carbonyl (C=O) groups is 1. The third-order valence-electron chi connectivity index (χ3n) is 3.19. The van der Waals surface area contributed by atoms with Gasteiger partial charge < -0.3 is 15.7 Å². The van der Waals surface area contributed by atoms with Crippen molar-refractivity contribution in [2.75, 3.05) is 13.1 Å². The molecule has 0 aliphatic carbocycles. The first-order chi connectivity index (χ1) is 7.44. The second-order valence-electron chi connectivity index (χ2n) is 4.91. The van der Waals surface area contributed by atoms with E-state index in [0.717, 1.165) is 6.42 Å². The van der Waals surface area contributed by atoms with Gasteiger partial charge in [-0.05, 0) is 12.8 Å². The summed E-state index contributed by atoms with van der Waals surface area (Å²) in [5.74, 6) is -0.375. The van der Waals surface area contributed by atoms with Crippen molar-refractivity contribution in [3.63, 3.8) is 0 Å². The Morgan fingerprint density at radius 1 is 1.75 bits per heavy atom. The van der Waals surface area contributed by atoms with Gasteiger partial charge in [0.2, 0.25) is 0 Å². The van der Waals surface area contributed by atoms with E-state index >= 15 is 0 Å². The van der Waals surface area contributed by atoms with Crippen LogP contribution in [0.25, 0.3) is 0 Å². The maximum Gasteiger partial charge on any atom is 0.253 e. The topological polar surface area (TPSA) is 90.3 Å². The van der Waals surface area contributed by atoms with E-state index in [9.17, 15) is 9.90 Å². The van der Waals surface area contributed by atoms with E-state index in [1.165, 1.54) is 4.90 Å². The van der Waals surface area contributed by atoms with Crippen molar-refractivity contribution in [2.45, 2.75) is 38.8 Å². The smallest absolute Gasteiger partial charge is 0.253 e. The zero-order valence-corrected chi connectivity index (χ0v) is 9.81. The summed E-state index contributed by atoms with van der Waals surface area (Å²) in [6, 6.07) is 1.69. The number of rotatable bonds is 3. The van der Waals surface area contributed by atoms with Crippen molar-refractivity contribution in [2.24, 2.45) is 11.1 Å². The van der Waals surface area contributed by atoms with Gasteiger partial charge in [-0.25, -0.2) is 0 Å². The van der Waals surface area contributed by atoms with Gasteiger partial charge in [-0.15, -0.1) is 0 Å². The summed E-state index contributed by atoms with van der Waals surface area (Å²) in [4.78, 5) is 13.4. The average Bonchev–Trinajstić information content (AvgIpc) is 2.74. The minimum absolute atomic E-state index is 0.227. The zero-order chi connectivity index (χ0) is 12.3. The first-order valence-corrected chi connectivity index (χ1v) is 5.52. The molecule has 1 fully saturated rings. The second-order valence-corrected chi connectivity index (χ2v) is 4.91. The molecule has 1 saturated heterocycles. The quantitative estimate of drug-likeness (QED) is 0.698. The highest BCUT2D eigenvalue weighted by Crippen LogP contribution is 2.24. The van der Waals surface area contributed by atoms with E-state index in [0.29, 0.717) is 13.0 Å². The van der Waals surface area contributed by atoms with Crippen LogP contribution in [0.2, 0.25) is 0 Å². The molecule has 1 rings (SSSR count). The molecule has 16 heavy (non-hydrogen) atoms. The van der Waals surface area contributed by atoms with Crippen LogP contribution < -0.4 is 5.73 Å². The molecule has 0 aromatic heterocycles. The maximum absolute atomic E-state index is 12.0. The molecule has 1 aliphatic heterocycles. The molecular weight excluding hydrogens is 206 g/mol. The van der Waals surface area contributed by atoms with E-state index in [1.807, 2.05) is 0 Å². The summed E-state index contributed by atoms with van der Waals surface area (Å²) in [5, 5.41) is 18.8. The van der Waals surface area contributed by atoms with Gasteiger partial charge in [0, 0.05) is 18.5 Å². The molecule has 1 amide bonds.